The van der Waals surface area contributed by atoms with Crippen molar-refractivity contribution in [2.45, 2.75) is 11.1 Å². The molecule has 0 unspecified atom stereocenters. The first-order valence-electron chi connectivity index (χ1n) is 8.62. The number of nitrogens with zero attached hydrogens (tertiary/aromatic N) is 1. The third kappa shape index (κ3) is 4.39. The molecular formula is C20H18F3N3O3S. The number of rotatable bonds is 5. The summed E-state index contributed by atoms with van der Waals surface area (Å²) in [6.07, 6.45) is -4.75. The number of nitrogens with one attached hydrogen (secondary N) is 1. The molecule has 0 fully saturated rings. The molecule has 3 aromatic rings. The van der Waals surface area contributed by atoms with Crippen molar-refractivity contribution >= 4 is 15.7 Å². The van der Waals surface area contributed by atoms with Gasteiger partial charge in [0.25, 0.3) is 0 Å². The zero-order valence-electron chi connectivity index (χ0n) is 16.0. The van der Waals surface area contributed by atoms with Gasteiger partial charge in [-0.15, -0.1) is 0 Å². The highest BCUT2D eigenvalue weighted by molar-refractivity contribution is 7.89. The number of halogens is 3. The number of alkyl halides is 3. The van der Waals surface area contributed by atoms with E-state index >= 15 is 0 Å². The Labute approximate surface area is 171 Å². The summed E-state index contributed by atoms with van der Waals surface area (Å²) in [5, 5.41) is 8.02. The van der Waals surface area contributed by atoms with Crippen molar-refractivity contribution in [3.8, 4) is 28.1 Å². The Morgan fingerprint density at radius 2 is 1.57 bits per heavy atom. The molecule has 10 heteroatoms. The second-order valence-corrected chi connectivity index (χ2v) is 7.89. The number of aromatic nitrogens is 1. The maximum absolute atomic E-state index is 13.9. The van der Waals surface area contributed by atoms with Crippen LogP contribution < -0.4 is 15.2 Å². The Kier molecular flexibility index (Phi) is 5.73. The number of sulfonamides is 1. The smallest absolute Gasteiger partial charge is 0.434 e. The van der Waals surface area contributed by atoms with E-state index in [4.69, 9.17) is 9.88 Å². The van der Waals surface area contributed by atoms with Crippen LogP contribution in [0.2, 0.25) is 0 Å². The summed E-state index contributed by atoms with van der Waals surface area (Å²) in [5.74, 6) is -0.219. The summed E-state index contributed by atoms with van der Waals surface area (Å²) in [5.41, 5.74) is 0.308. The van der Waals surface area contributed by atoms with Crippen LogP contribution in [0.1, 0.15) is 5.69 Å². The topological polar surface area (TPSA) is 94.3 Å². The first kappa shape index (κ1) is 21.6. The molecule has 158 valence electrons. The molecule has 30 heavy (non-hydrogen) atoms. The molecule has 0 bridgehead atoms. The highest BCUT2D eigenvalue weighted by Crippen LogP contribution is 2.43. The Bertz CT molecular complexity index is 1160. The minimum atomic E-state index is -4.75. The summed E-state index contributed by atoms with van der Waals surface area (Å²) < 4.78 is 69.7. The molecule has 0 aliphatic rings. The summed E-state index contributed by atoms with van der Waals surface area (Å²) >= 11 is 0. The van der Waals surface area contributed by atoms with E-state index in [-0.39, 0.29) is 21.9 Å². The highest BCUT2D eigenvalue weighted by atomic mass is 32.2. The molecule has 0 radical (unpaired) electrons. The standard InChI is InChI=1S/C20H18F3N3O3S/c1-25-14-7-3-13(4-8-14)18-16(11-17(29-2)26-19(18)20(21,22)23)12-5-9-15(10-6-12)30(24,27)28/h3-11,25H,1-2H3,(H2,24,27,28). The number of benzene rings is 2. The van der Waals surface area contributed by atoms with Crippen LogP contribution in [-0.4, -0.2) is 27.6 Å². The van der Waals surface area contributed by atoms with E-state index in [1.54, 1.807) is 31.3 Å². The number of hydrogen-bond acceptors (Lipinski definition) is 5. The SMILES string of the molecule is CNc1ccc(-c2c(-c3ccc(S(N)(=O)=O)cc3)cc(OC)nc2C(F)(F)F)cc1. The second-order valence-electron chi connectivity index (χ2n) is 6.33. The zero-order valence-corrected chi connectivity index (χ0v) is 16.8. The lowest BCUT2D eigenvalue weighted by Crippen LogP contribution is -2.13. The molecule has 1 heterocycles. The molecule has 2 aromatic carbocycles. The zero-order chi connectivity index (χ0) is 22.1. The number of anilines is 1. The lowest BCUT2D eigenvalue weighted by atomic mass is 9.93. The van der Waals surface area contributed by atoms with Crippen LogP contribution in [0, 0.1) is 0 Å². The molecular weight excluding hydrogens is 419 g/mol. The predicted molar refractivity (Wildman–Crippen MR) is 108 cm³/mol. The molecule has 0 saturated heterocycles. The van der Waals surface area contributed by atoms with Crippen molar-refractivity contribution in [2.75, 3.05) is 19.5 Å². The van der Waals surface area contributed by atoms with Crippen LogP contribution in [0.5, 0.6) is 5.88 Å². The number of methoxy groups -OCH3 is 1. The number of ether oxygens (including phenoxy) is 1. The molecule has 3 N–H and O–H groups in total. The second kappa shape index (κ2) is 7.96. The number of nitrogens with two attached hydrogens (primary N) is 1. The molecule has 0 aliphatic carbocycles. The van der Waals surface area contributed by atoms with Gasteiger partial charge in [-0.1, -0.05) is 24.3 Å². The number of primary sulfonamides is 1. The van der Waals surface area contributed by atoms with Crippen molar-refractivity contribution in [3.05, 3.63) is 60.3 Å². The third-order valence-electron chi connectivity index (χ3n) is 4.43. The molecule has 0 aliphatic heterocycles. The lowest BCUT2D eigenvalue weighted by molar-refractivity contribution is -0.140. The highest BCUT2D eigenvalue weighted by Gasteiger charge is 2.38. The molecule has 0 saturated carbocycles. The van der Waals surface area contributed by atoms with Gasteiger partial charge in [0.1, 0.15) is 0 Å². The summed E-state index contributed by atoms with van der Waals surface area (Å²) in [7, 11) is -1.02. The number of pyridine rings is 1. The Morgan fingerprint density at radius 1 is 1.00 bits per heavy atom. The minimum Gasteiger partial charge on any atom is -0.481 e. The van der Waals surface area contributed by atoms with Crippen LogP contribution >= 0.6 is 0 Å². The lowest BCUT2D eigenvalue weighted by Gasteiger charge is -2.18. The van der Waals surface area contributed by atoms with Gasteiger partial charge in [0.05, 0.1) is 12.0 Å². The Hall–Kier alpha value is -3.11. The molecule has 6 nitrogen and oxygen atoms in total. The summed E-state index contributed by atoms with van der Waals surface area (Å²) in [6.45, 7) is 0. The van der Waals surface area contributed by atoms with E-state index in [0.717, 1.165) is 5.69 Å². The number of hydrogen-bond donors (Lipinski definition) is 2. The van der Waals surface area contributed by atoms with E-state index in [1.165, 1.54) is 37.4 Å². The molecule has 0 atom stereocenters. The predicted octanol–water partition coefficient (Wildman–Crippen LogP) is 4.13. The monoisotopic (exact) mass is 437 g/mol. The van der Waals surface area contributed by atoms with Gasteiger partial charge in [0.15, 0.2) is 5.69 Å². The molecule has 0 spiro atoms. The van der Waals surface area contributed by atoms with Crippen molar-refractivity contribution in [1.29, 1.82) is 0 Å². The van der Waals surface area contributed by atoms with E-state index in [0.29, 0.717) is 11.1 Å². The summed E-state index contributed by atoms with van der Waals surface area (Å²) in [6, 6.07) is 13.0. The third-order valence-corrected chi connectivity index (χ3v) is 5.36. The van der Waals surface area contributed by atoms with E-state index in [2.05, 4.69) is 10.3 Å². The van der Waals surface area contributed by atoms with Gasteiger partial charge in [0, 0.05) is 24.4 Å². The van der Waals surface area contributed by atoms with Crippen LogP contribution in [0.15, 0.2) is 59.5 Å². The van der Waals surface area contributed by atoms with Crippen LogP contribution in [-0.2, 0) is 16.2 Å². The van der Waals surface area contributed by atoms with E-state index in [9.17, 15) is 21.6 Å². The average Bonchev–Trinajstić information content (AvgIpc) is 2.71. The quantitative estimate of drug-likeness (QED) is 0.626. The van der Waals surface area contributed by atoms with E-state index < -0.39 is 21.9 Å². The maximum atomic E-state index is 13.9. The van der Waals surface area contributed by atoms with Gasteiger partial charge >= 0.3 is 6.18 Å². The first-order valence-corrected chi connectivity index (χ1v) is 10.2. The minimum absolute atomic E-state index is 0.144. The fourth-order valence-electron chi connectivity index (χ4n) is 2.98. The fourth-order valence-corrected chi connectivity index (χ4v) is 3.49. The van der Waals surface area contributed by atoms with Crippen LogP contribution in [0.25, 0.3) is 22.3 Å². The molecule has 3 rings (SSSR count). The Balaban J connectivity index is 2.32. The first-order chi connectivity index (χ1) is 14.0. The van der Waals surface area contributed by atoms with Crippen molar-refractivity contribution in [3.63, 3.8) is 0 Å². The van der Waals surface area contributed by atoms with Crippen molar-refractivity contribution < 1.29 is 26.3 Å². The van der Waals surface area contributed by atoms with Gasteiger partial charge in [0.2, 0.25) is 15.9 Å². The van der Waals surface area contributed by atoms with Gasteiger partial charge in [-0.2, -0.15) is 13.2 Å². The van der Waals surface area contributed by atoms with Gasteiger partial charge in [-0.25, -0.2) is 18.5 Å². The Morgan fingerprint density at radius 3 is 2.03 bits per heavy atom. The van der Waals surface area contributed by atoms with E-state index in [1.807, 2.05) is 0 Å². The van der Waals surface area contributed by atoms with Crippen LogP contribution in [0.4, 0.5) is 18.9 Å². The van der Waals surface area contributed by atoms with Gasteiger partial charge in [-0.3, -0.25) is 0 Å². The average molecular weight is 437 g/mol. The van der Waals surface area contributed by atoms with Gasteiger partial charge in [-0.05, 0) is 41.0 Å². The maximum Gasteiger partial charge on any atom is 0.434 e. The van der Waals surface area contributed by atoms with Crippen molar-refractivity contribution in [1.82, 2.24) is 4.98 Å². The van der Waals surface area contributed by atoms with Crippen molar-refractivity contribution in [2.24, 2.45) is 5.14 Å². The normalized spacial score (nSPS) is 11.9. The largest absolute Gasteiger partial charge is 0.481 e. The fraction of sp³-hybridized carbons (Fsp3) is 0.150. The van der Waals surface area contributed by atoms with Crippen LogP contribution in [0.3, 0.4) is 0 Å². The summed E-state index contributed by atoms with van der Waals surface area (Å²) in [4.78, 5) is 3.50. The van der Waals surface area contributed by atoms with Gasteiger partial charge < -0.3 is 10.1 Å². The molecule has 1 aromatic heterocycles. The molecule has 0 amide bonds.